The summed E-state index contributed by atoms with van der Waals surface area (Å²) in [4.78, 5) is 16.8. The van der Waals surface area contributed by atoms with Gasteiger partial charge < -0.3 is 14.7 Å². The van der Waals surface area contributed by atoms with Gasteiger partial charge in [0.25, 0.3) is 0 Å². The van der Waals surface area contributed by atoms with Gasteiger partial charge in [-0.15, -0.1) is 0 Å². The van der Waals surface area contributed by atoms with Crippen LogP contribution < -0.4 is 5.32 Å². The minimum absolute atomic E-state index is 0.0525. The predicted octanol–water partition coefficient (Wildman–Crippen LogP) is -0.402. The molecule has 0 aliphatic carbocycles. The SMILES string of the molecule is Cc1noc(CCNCC(=O)N(C)C)n1. The summed E-state index contributed by atoms with van der Waals surface area (Å²) in [5.41, 5.74) is 0. The van der Waals surface area contributed by atoms with Gasteiger partial charge in [-0.05, 0) is 6.92 Å². The molecule has 0 aliphatic rings. The number of likely N-dealkylation sites (N-methyl/N-ethyl adjacent to an activating group) is 1. The molecular formula is C9H16N4O2. The second-order valence-electron chi connectivity index (χ2n) is 3.45. The van der Waals surface area contributed by atoms with Gasteiger partial charge >= 0.3 is 0 Å². The maximum atomic E-state index is 11.2. The van der Waals surface area contributed by atoms with Crippen LogP contribution in [0.4, 0.5) is 0 Å². The topological polar surface area (TPSA) is 71.3 Å². The molecule has 6 nitrogen and oxygen atoms in total. The fourth-order valence-corrected chi connectivity index (χ4v) is 0.990. The first-order valence-electron chi connectivity index (χ1n) is 4.79. The molecule has 0 aliphatic heterocycles. The van der Waals surface area contributed by atoms with E-state index in [0.29, 0.717) is 31.2 Å². The molecule has 1 N–H and O–H groups in total. The number of aromatic nitrogens is 2. The van der Waals surface area contributed by atoms with E-state index in [9.17, 15) is 4.79 Å². The van der Waals surface area contributed by atoms with E-state index in [-0.39, 0.29) is 5.91 Å². The molecule has 1 amide bonds. The molecule has 1 aromatic heterocycles. The van der Waals surface area contributed by atoms with Crippen molar-refractivity contribution in [1.82, 2.24) is 20.4 Å². The average Bonchev–Trinajstić information content (AvgIpc) is 2.58. The first-order chi connectivity index (χ1) is 7.09. The molecule has 0 saturated carbocycles. The van der Waals surface area contributed by atoms with Crippen LogP contribution in [-0.4, -0.2) is 48.1 Å². The number of nitrogens with one attached hydrogen (secondary N) is 1. The molecule has 15 heavy (non-hydrogen) atoms. The van der Waals surface area contributed by atoms with Crippen LogP contribution in [0.3, 0.4) is 0 Å². The molecule has 0 radical (unpaired) electrons. The van der Waals surface area contributed by atoms with Gasteiger partial charge in [0.1, 0.15) is 0 Å². The van der Waals surface area contributed by atoms with Gasteiger partial charge in [-0.1, -0.05) is 5.16 Å². The minimum atomic E-state index is 0.0525. The molecule has 0 fully saturated rings. The van der Waals surface area contributed by atoms with Crippen LogP contribution in [0.1, 0.15) is 11.7 Å². The third-order valence-corrected chi connectivity index (χ3v) is 1.86. The number of carbonyl (C=O) groups is 1. The Labute approximate surface area is 88.6 Å². The van der Waals surface area contributed by atoms with Crippen molar-refractivity contribution in [1.29, 1.82) is 0 Å². The Hall–Kier alpha value is -1.43. The van der Waals surface area contributed by atoms with Crippen molar-refractivity contribution in [2.24, 2.45) is 0 Å². The number of hydrogen-bond acceptors (Lipinski definition) is 5. The molecule has 6 heteroatoms. The third kappa shape index (κ3) is 4.07. The maximum Gasteiger partial charge on any atom is 0.236 e. The van der Waals surface area contributed by atoms with Crippen molar-refractivity contribution in [2.75, 3.05) is 27.2 Å². The molecule has 0 aromatic carbocycles. The van der Waals surface area contributed by atoms with Gasteiger partial charge in [0, 0.05) is 27.1 Å². The van der Waals surface area contributed by atoms with Gasteiger partial charge in [0.05, 0.1) is 6.54 Å². The number of nitrogens with zero attached hydrogens (tertiary/aromatic N) is 3. The van der Waals surface area contributed by atoms with Crippen LogP contribution in [0.15, 0.2) is 4.52 Å². The standard InChI is InChI=1S/C9H16N4O2/c1-7-11-8(15-12-7)4-5-10-6-9(14)13(2)3/h10H,4-6H2,1-3H3. The lowest BCUT2D eigenvalue weighted by atomic mass is 10.4. The lowest BCUT2D eigenvalue weighted by Gasteiger charge is -2.09. The van der Waals surface area contributed by atoms with Crippen LogP contribution in [0.25, 0.3) is 0 Å². The first-order valence-corrected chi connectivity index (χ1v) is 4.79. The summed E-state index contributed by atoms with van der Waals surface area (Å²) in [5.74, 6) is 1.28. The van der Waals surface area contributed by atoms with Crippen LogP contribution in [-0.2, 0) is 11.2 Å². The predicted molar refractivity (Wildman–Crippen MR) is 54.3 cm³/mol. The highest BCUT2D eigenvalue weighted by atomic mass is 16.5. The van der Waals surface area contributed by atoms with Gasteiger partial charge in [-0.25, -0.2) is 0 Å². The van der Waals surface area contributed by atoms with Crippen molar-refractivity contribution in [3.8, 4) is 0 Å². The first kappa shape index (κ1) is 11.6. The number of hydrogen-bond donors (Lipinski definition) is 1. The Morgan fingerprint density at radius 1 is 1.53 bits per heavy atom. The fraction of sp³-hybridized carbons (Fsp3) is 0.667. The molecule has 84 valence electrons. The zero-order valence-electron chi connectivity index (χ0n) is 9.28. The normalized spacial score (nSPS) is 10.3. The van der Waals surface area contributed by atoms with E-state index in [1.54, 1.807) is 25.9 Å². The van der Waals surface area contributed by atoms with E-state index in [1.807, 2.05) is 0 Å². The lowest BCUT2D eigenvalue weighted by molar-refractivity contribution is -0.127. The minimum Gasteiger partial charge on any atom is -0.348 e. The second kappa shape index (κ2) is 5.45. The number of amides is 1. The molecule has 0 spiro atoms. The van der Waals surface area contributed by atoms with Gasteiger partial charge in [-0.2, -0.15) is 4.98 Å². The van der Waals surface area contributed by atoms with Crippen molar-refractivity contribution in [3.05, 3.63) is 11.7 Å². The van der Waals surface area contributed by atoms with E-state index < -0.39 is 0 Å². The Bertz CT molecular complexity index is 322. The molecule has 1 rings (SSSR count). The largest absolute Gasteiger partial charge is 0.348 e. The molecule has 0 bridgehead atoms. The van der Waals surface area contributed by atoms with Crippen LogP contribution in [0.2, 0.25) is 0 Å². The number of rotatable bonds is 5. The summed E-state index contributed by atoms with van der Waals surface area (Å²) in [6, 6.07) is 0. The zero-order valence-corrected chi connectivity index (χ0v) is 9.28. The smallest absolute Gasteiger partial charge is 0.236 e. The lowest BCUT2D eigenvalue weighted by Crippen LogP contribution is -2.33. The average molecular weight is 212 g/mol. The van der Waals surface area contributed by atoms with Crippen molar-refractivity contribution in [2.45, 2.75) is 13.3 Å². The Balaban J connectivity index is 2.15. The summed E-state index contributed by atoms with van der Waals surface area (Å²) in [6.45, 7) is 2.76. The van der Waals surface area contributed by atoms with Crippen molar-refractivity contribution in [3.63, 3.8) is 0 Å². The zero-order chi connectivity index (χ0) is 11.3. The quantitative estimate of drug-likeness (QED) is 0.672. The van der Waals surface area contributed by atoms with E-state index in [0.717, 1.165) is 0 Å². The summed E-state index contributed by atoms with van der Waals surface area (Å²) < 4.78 is 4.92. The highest BCUT2D eigenvalue weighted by Crippen LogP contribution is 1.95. The van der Waals surface area contributed by atoms with Crippen molar-refractivity contribution >= 4 is 5.91 Å². The van der Waals surface area contributed by atoms with Crippen LogP contribution >= 0.6 is 0 Å². The maximum absolute atomic E-state index is 11.2. The van der Waals surface area contributed by atoms with E-state index >= 15 is 0 Å². The second-order valence-corrected chi connectivity index (χ2v) is 3.45. The summed E-state index contributed by atoms with van der Waals surface area (Å²) >= 11 is 0. The monoisotopic (exact) mass is 212 g/mol. The van der Waals surface area contributed by atoms with E-state index in [1.165, 1.54) is 0 Å². The highest BCUT2D eigenvalue weighted by molar-refractivity contribution is 5.77. The Kier molecular flexibility index (Phi) is 4.23. The van der Waals surface area contributed by atoms with Gasteiger partial charge in [0.15, 0.2) is 5.82 Å². The van der Waals surface area contributed by atoms with E-state index in [2.05, 4.69) is 15.5 Å². The molecular weight excluding hydrogens is 196 g/mol. The highest BCUT2D eigenvalue weighted by Gasteiger charge is 2.04. The fourth-order valence-electron chi connectivity index (χ4n) is 0.990. The molecule has 1 aromatic rings. The van der Waals surface area contributed by atoms with Gasteiger partial charge in [-0.3, -0.25) is 4.79 Å². The van der Waals surface area contributed by atoms with Crippen LogP contribution in [0, 0.1) is 6.92 Å². The molecule has 0 atom stereocenters. The number of aryl methyl sites for hydroxylation is 1. The van der Waals surface area contributed by atoms with E-state index in [4.69, 9.17) is 4.52 Å². The Morgan fingerprint density at radius 2 is 2.27 bits per heavy atom. The number of carbonyl (C=O) groups excluding carboxylic acids is 1. The third-order valence-electron chi connectivity index (χ3n) is 1.86. The van der Waals surface area contributed by atoms with Crippen LogP contribution in [0.5, 0.6) is 0 Å². The van der Waals surface area contributed by atoms with Crippen molar-refractivity contribution < 1.29 is 9.32 Å². The summed E-state index contributed by atoms with van der Waals surface area (Å²) in [5, 5.41) is 6.67. The summed E-state index contributed by atoms with van der Waals surface area (Å²) in [7, 11) is 3.46. The summed E-state index contributed by atoms with van der Waals surface area (Å²) in [6.07, 6.45) is 0.640. The molecule has 0 saturated heterocycles. The molecule has 1 heterocycles. The Morgan fingerprint density at radius 3 is 2.80 bits per heavy atom. The van der Waals surface area contributed by atoms with Gasteiger partial charge in [0.2, 0.25) is 11.8 Å². The molecule has 0 unspecified atom stereocenters.